The summed E-state index contributed by atoms with van der Waals surface area (Å²) in [6, 6.07) is 4.85. The predicted molar refractivity (Wildman–Crippen MR) is 90.6 cm³/mol. The van der Waals surface area contributed by atoms with Gasteiger partial charge in [-0.15, -0.1) is 12.4 Å². The van der Waals surface area contributed by atoms with E-state index in [1.807, 2.05) is 0 Å². The lowest BCUT2D eigenvalue weighted by molar-refractivity contribution is -0.120. The Bertz CT molecular complexity index is 552. The number of carbonyl (C=O) groups excluding carboxylic acids is 2. The molecule has 1 aromatic rings. The molecule has 2 amide bonds. The van der Waals surface area contributed by atoms with Crippen molar-refractivity contribution in [2.75, 3.05) is 18.9 Å². The summed E-state index contributed by atoms with van der Waals surface area (Å²) in [7, 11) is 1.54. The summed E-state index contributed by atoms with van der Waals surface area (Å²) in [5.41, 5.74) is 6.55. The molecule has 2 atom stereocenters. The van der Waals surface area contributed by atoms with Gasteiger partial charge in [0.25, 0.3) is 5.91 Å². The lowest BCUT2D eigenvalue weighted by Gasteiger charge is -2.18. The Morgan fingerprint density at radius 2 is 2.09 bits per heavy atom. The maximum Gasteiger partial charge on any atom is 0.253 e. The van der Waals surface area contributed by atoms with Crippen LogP contribution in [0.5, 0.6) is 0 Å². The van der Waals surface area contributed by atoms with Crippen LogP contribution >= 0.6 is 24.0 Å². The number of hydrogen-bond donors (Lipinski definition) is 3. The van der Waals surface area contributed by atoms with E-state index in [2.05, 4.69) is 10.6 Å². The standard InChI is InChI=1S/C15H20ClN3O2.ClH/c1-18-14(20)12-7-10(16)5-6-13(12)19-15(21)11-4-2-3-9(11)8-17;/h5-7,9,11H,2-4,8,17H2,1H3,(H,18,20)(H,19,21);1H/t9-,11-;/m1./s1. The highest BCUT2D eigenvalue weighted by molar-refractivity contribution is 6.31. The largest absolute Gasteiger partial charge is 0.355 e. The van der Waals surface area contributed by atoms with E-state index in [9.17, 15) is 9.59 Å². The Morgan fingerprint density at radius 1 is 1.36 bits per heavy atom. The van der Waals surface area contributed by atoms with Crippen LogP contribution in [0.2, 0.25) is 5.02 Å². The van der Waals surface area contributed by atoms with Gasteiger partial charge in [0, 0.05) is 18.0 Å². The van der Waals surface area contributed by atoms with Gasteiger partial charge in [-0.25, -0.2) is 0 Å². The Balaban J connectivity index is 0.00000242. The molecule has 1 saturated carbocycles. The van der Waals surface area contributed by atoms with Gasteiger partial charge in [-0.1, -0.05) is 18.0 Å². The van der Waals surface area contributed by atoms with E-state index in [-0.39, 0.29) is 36.1 Å². The smallest absolute Gasteiger partial charge is 0.253 e. The number of carbonyl (C=O) groups is 2. The zero-order chi connectivity index (χ0) is 15.4. The van der Waals surface area contributed by atoms with E-state index in [0.717, 1.165) is 19.3 Å². The summed E-state index contributed by atoms with van der Waals surface area (Å²) in [6.45, 7) is 0.515. The number of amides is 2. The van der Waals surface area contributed by atoms with Gasteiger partial charge in [0.1, 0.15) is 0 Å². The van der Waals surface area contributed by atoms with Crippen molar-refractivity contribution in [2.45, 2.75) is 19.3 Å². The average Bonchev–Trinajstić information content (AvgIpc) is 2.96. The summed E-state index contributed by atoms with van der Waals surface area (Å²) in [6.07, 6.45) is 2.84. The molecule has 0 spiro atoms. The third-order valence-electron chi connectivity index (χ3n) is 4.01. The molecular formula is C15H21Cl2N3O2. The van der Waals surface area contributed by atoms with Gasteiger partial charge >= 0.3 is 0 Å². The minimum absolute atomic E-state index is 0. The number of benzene rings is 1. The van der Waals surface area contributed by atoms with Gasteiger partial charge in [0.15, 0.2) is 0 Å². The number of rotatable bonds is 4. The zero-order valence-corrected chi connectivity index (χ0v) is 14.0. The lowest BCUT2D eigenvalue weighted by atomic mass is 9.95. The summed E-state index contributed by atoms with van der Waals surface area (Å²) < 4.78 is 0. The quantitative estimate of drug-likeness (QED) is 0.783. The first-order valence-corrected chi connectivity index (χ1v) is 7.47. The molecular weight excluding hydrogens is 325 g/mol. The molecule has 0 unspecified atom stereocenters. The highest BCUT2D eigenvalue weighted by Gasteiger charge is 2.32. The highest BCUT2D eigenvalue weighted by Crippen LogP contribution is 2.32. The third kappa shape index (κ3) is 4.12. The van der Waals surface area contributed by atoms with E-state index in [1.165, 1.54) is 7.05 Å². The van der Waals surface area contributed by atoms with Crippen molar-refractivity contribution in [1.82, 2.24) is 5.32 Å². The van der Waals surface area contributed by atoms with Crippen LogP contribution in [-0.4, -0.2) is 25.4 Å². The number of nitrogens with one attached hydrogen (secondary N) is 2. The molecule has 5 nitrogen and oxygen atoms in total. The second-order valence-corrected chi connectivity index (χ2v) is 5.73. The second kappa shape index (κ2) is 8.36. The Labute approximate surface area is 141 Å². The molecule has 1 aromatic carbocycles. The molecule has 0 bridgehead atoms. The van der Waals surface area contributed by atoms with Gasteiger partial charge in [-0.05, 0) is 43.5 Å². The van der Waals surface area contributed by atoms with Gasteiger partial charge in [0.05, 0.1) is 11.3 Å². The molecule has 2 rings (SSSR count). The van der Waals surface area contributed by atoms with Crippen LogP contribution in [0.1, 0.15) is 29.6 Å². The average molecular weight is 346 g/mol. The topological polar surface area (TPSA) is 84.2 Å². The Hall–Kier alpha value is -1.30. The van der Waals surface area contributed by atoms with Crippen LogP contribution in [0.3, 0.4) is 0 Å². The van der Waals surface area contributed by atoms with Gasteiger partial charge in [-0.3, -0.25) is 9.59 Å². The molecule has 1 aliphatic rings. The van der Waals surface area contributed by atoms with E-state index in [1.54, 1.807) is 18.2 Å². The molecule has 122 valence electrons. The van der Waals surface area contributed by atoms with Crippen molar-refractivity contribution in [3.8, 4) is 0 Å². The monoisotopic (exact) mass is 345 g/mol. The van der Waals surface area contributed by atoms with Crippen molar-refractivity contribution in [1.29, 1.82) is 0 Å². The highest BCUT2D eigenvalue weighted by atomic mass is 35.5. The first kappa shape index (κ1) is 18.7. The van der Waals surface area contributed by atoms with Gasteiger partial charge in [-0.2, -0.15) is 0 Å². The third-order valence-corrected chi connectivity index (χ3v) is 4.24. The summed E-state index contributed by atoms with van der Waals surface area (Å²) >= 11 is 5.92. The summed E-state index contributed by atoms with van der Waals surface area (Å²) in [5, 5.41) is 5.84. The Morgan fingerprint density at radius 3 is 2.73 bits per heavy atom. The second-order valence-electron chi connectivity index (χ2n) is 5.29. The summed E-state index contributed by atoms with van der Waals surface area (Å²) in [5.74, 6) is -0.214. The lowest BCUT2D eigenvalue weighted by Crippen LogP contribution is -2.30. The maximum absolute atomic E-state index is 12.4. The minimum atomic E-state index is -0.283. The van der Waals surface area contributed by atoms with Gasteiger partial charge < -0.3 is 16.4 Å². The maximum atomic E-state index is 12.4. The number of anilines is 1. The van der Waals surface area contributed by atoms with Crippen molar-refractivity contribution >= 4 is 41.5 Å². The fourth-order valence-corrected chi connectivity index (χ4v) is 3.01. The molecule has 0 saturated heterocycles. The van der Waals surface area contributed by atoms with Crippen LogP contribution in [0, 0.1) is 11.8 Å². The Kier molecular flexibility index (Phi) is 7.13. The van der Waals surface area contributed by atoms with Crippen molar-refractivity contribution < 1.29 is 9.59 Å². The molecule has 0 aromatic heterocycles. The van der Waals surface area contributed by atoms with E-state index in [4.69, 9.17) is 17.3 Å². The van der Waals surface area contributed by atoms with E-state index in [0.29, 0.717) is 22.8 Å². The molecule has 1 fully saturated rings. The van der Waals surface area contributed by atoms with Crippen LogP contribution in [-0.2, 0) is 4.79 Å². The van der Waals surface area contributed by atoms with Crippen LogP contribution in [0.15, 0.2) is 18.2 Å². The molecule has 0 heterocycles. The number of hydrogen-bond acceptors (Lipinski definition) is 3. The molecule has 7 heteroatoms. The van der Waals surface area contributed by atoms with Crippen LogP contribution < -0.4 is 16.4 Å². The molecule has 22 heavy (non-hydrogen) atoms. The molecule has 0 radical (unpaired) electrons. The SMILES string of the molecule is CNC(=O)c1cc(Cl)ccc1NC(=O)[C@@H]1CCC[C@@H]1CN.Cl. The minimum Gasteiger partial charge on any atom is -0.355 e. The fourth-order valence-electron chi connectivity index (χ4n) is 2.84. The van der Waals surface area contributed by atoms with E-state index >= 15 is 0 Å². The van der Waals surface area contributed by atoms with Crippen molar-refractivity contribution in [3.63, 3.8) is 0 Å². The molecule has 0 aliphatic heterocycles. The van der Waals surface area contributed by atoms with E-state index < -0.39 is 0 Å². The van der Waals surface area contributed by atoms with Crippen LogP contribution in [0.4, 0.5) is 5.69 Å². The van der Waals surface area contributed by atoms with Crippen molar-refractivity contribution in [3.05, 3.63) is 28.8 Å². The number of halogens is 2. The molecule has 4 N–H and O–H groups in total. The van der Waals surface area contributed by atoms with Crippen LogP contribution in [0.25, 0.3) is 0 Å². The van der Waals surface area contributed by atoms with Crippen molar-refractivity contribution in [2.24, 2.45) is 17.6 Å². The summed E-state index contributed by atoms with van der Waals surface area (Å²) in [4.78, 5) is 24.3. The zero-order valence-electron chi connectivity index (χ0n) is 12.4. The first-order chi connectivity index (χ1) is 10.1. The van der Waals surface area contributed by atoms with Gasteiger partial charge in [0.2, 0.25) is 5.91 Å². The normalized spacial score (nSPS) is 20.1. The first-order valence-electron chi connectivity index (χ1n) is 7.09. The predicted octanol–water partition coefficient (Wildman–Crippen LogP) is 2.43. The molecule has 1 aliphatic carbocycles. The number of nitrogens with two attached hydrogens (primary N) is 1. The fraction of sp³-hybridized carbons (Fsp3) is 0.467.